The molecular weight excluding hydrogens is 829 g/mol. The number of benzene rings is 4. The third kappa shape index (κ3) is 7.50. The number of aryl methyl sites for hydroxylation is 2. The Morgan fingerprint density at radius 1 is 0.411 bits per heavy atom. The summed E-state index contributed by atoms with van der Waals surface area (Å²) < 4.78 is 35.5. The van der Waals surface area contributed by atoms with E-state index in [0.717, 1.165) is 57.3 Å². The molecule has 6 heteroatoms. The predicted octanol–water partition coefficient (Wildman–Crippen LogP) is 6.80. The normalized spacial score (nSPS) is 10.7. The molecule has 0 aromatic heterocycles. The van der Waals surface area contributed by atoms with Crippen LogP contribution in [0, 0.1) is 11.6 Å². The molecule has 56 heavy (non-hydrogen) atoms. The molecule has 0 radical (unpaired) electrons. The van der Waals surface area contributed by atoms with Crippen molar-refractivity contribution in [2.75, 3.05) is 0 Å². The number of fused-ring (bicyclic) bond motifs is 2. The summed E-state index contributed by atoms with van der Waals surface area (Å²) in [6.07, 6.45) is 1.81. The van der Waals surface area contributed by atoms with E-state index in [1.54, 1.807) is 12.1 Å². The maximum Gasteiger partial charge on any atom is -1.00 e. The summed E-state index contributed by atoms with van der Waals surface area (Å²) >= 11 is -2.74. The van der Waals surface area contributed by atoms with Crippen LogP contribution in [0.3, 0.4) is 0 Å². The molecule has 4 aromatic carbocycles. The molecule has 4 aliphatic rings. The third-order valence-corrected chi connectivity index (χ3v) is 27.4. The fourth-order valence-corrected chi connectivity index (χ4v) is 26.0. The minimum atomic E-state index is -2.74. The zero-order valence-electron chi connectivity index (χ0n) is 31.9. The van der Waals surface area contributed by atoms with Crippen LogP contribution in [0.25, 0.3) is 66.8 Å². The number of rotatable bonds is 8. The molecule has 4 aromatic rings. The van der Waals surface area contributed by atoms with E-state index in [0.29, 0.717) is 11.1 Å². The molecule has 0 amide bonds. The van der Waals surface area contributed by atoms with Crippen molar-refractivity contribution >= 4 is 12.0 Å². The van der Waals surface area contributed by atoms with E-state index in [4.69, 9.17) is 0 Å². The summed E-state index contributed by atoms with van der Waals surface area (Å²) in [5.41, 5.74) is 13.7. The molecule has 0 unspecified atom stereocenters. The second-order valence-corrected chi connectivity index (χ2v) is 30.8. The van der Waals surface area contributed by atoms with E-state index in [1.165, 1.54) is 28.8 Å². The molecular formula is C50H42Cl2F2SiZr. The zero-order chi connectivity index (χ0) is 37.3. The van der Waals surface area contributed by atoms with Crippen LogP contribution in [0.4, 0.5) is 8.78 Å². The quantitative estimate of drug-likeness (QED) is 0.148. The Labute approximate surface area is 350 Å². The average molecular weight is 871 g/mol. The molecule has 0 atom stereocenters. The molecule has 278 valence electrons. The van der Waals surface area contributed by atoms with Crippen molar-refractivity contribution in [1.29, 1.82) is 0 Å². The van der Waals surface area contributed by atoms with Crippen molar-refractivity contribution in [3.8, 4) is 66.8 Å². The summed E-state index contributed by atoms with van der Waals surface area (Å²) in [5, 5.41) is 0. The van der Waals surface area contributed by atoms with E-state index < -0.39 is 25.8 Å². The molecule has 0 saturated heterocycles. The maximum atomic E-state index is 16.2. The van der Waals surface area contributed by atoms with Gasteiger partial charge >= 0.3 is 328 Å². The van der Waals surface area contributed by atoms with Gasteiger partial charge in [-0.3, -0.25) is 0 Å². The monoisotopic (exact) mass is 868 g/mol. The van der Waals surface area contributed by atoms with Crippen molar-refractivity contribution < 1.29 is 54.0 Å². The fraction of sp³-hybridized carbons (Fsp3) is 0.120. The summed E-state index contributed by atoms with van der Waals surface area (Å²) in [4.78, 5) is 0. The van der Waals surface area contributed by atoms with E-state index in [-0.39, 0.29) is 36.4 Å². The zero-order valence-corrected chi connectivity index (χ0v) is 36.9. The van der Waals surface area contributed by atoms with Gasteiger partial charge in [-0.05, 0) is 0 Å². The van der Waals surface area contributed by atoms with Crippen molar-refractivity contribution in [2.45, 2.75) is 39.8 Å². The van der Waals surface area contributed by atoms with E-state index in [2.05, 4.69) is 112 Å². The first-order valence-electron chi connectivity index (χ1n) is 18.9. The first kappa shape index (κ1) is 41.5. The van der Waals surface area contributed by atoms with Gasteiger partial charge in [-0.25, -0.2) is 0 Å². The molecule has 0 N–H and O–H groups in total. The predicted molar refractivity (Wildman–Crippen MR) is 223 cm³/mol. The molecule has 0 heterocycles. The molecule has 0 fully saturated rings. The van der Waals surface area contributed by atoms with Gasteiger partial charge in [0.1, 0.15) is 0 Å². The summed E-state index contributed by atoms with van der Waals surface area (Å²) in [6.45, 7) is 9.52. The van der Waals surface area contributed by atoms with Gasteiger partial charge in [0, 0.05) is 0 Å². The van der Waals surface area contributed by atoms with Gasteiger partial charge in [-0.15, -0.1) is 0 Å². The maximum absolute atomic E-state index is 16.2. The second-order valence-electron chi connectivity index (χ2n) is 14.1. The van der Waals surface area contributed by atoms with E-state index in [9.17, 15) is 0 Å². The van der Waals surface area contributed by atoms with Crippen LogP contribution in [0.15, 0.2) is 158 Å². The van der Waals surface area contributed by atoms with Gasteiger partial charge in [0.2, 0.25) is 0 Å². The minimum Gasteiger partial charge on any atom is -1.00 e. The molecule has 0 spiro atoms. The van der Waals surface area contributed by atoms with Crippen LogP contribution >= 0.6 is 0 Å². The summed E-state index contributed by atoms with van der Waals surface area (Å²) in [7, 11) is 0. The topological polar surface area (TPSA) is 0 Å². The van der Waals surface area contributed by atoms with E-state index >= 15 is 8.78 Å². The number of halogens is 4. The largest absolute Gasteiger partial charge is 1.00 e. The Hall–Kier alpha value is -4.18. The number of hydrogen-bond donors (Lipinski definition) is 0. The molecule has 0 bridgehead atoms. The number of hydrogen-bond acceptors (Lipinski definition) is 0. The van der Waals surface area contributed by atoms with Gasteiger partial charge < -0.3 is 24.8 Å². The van der Waals surface area contributed by atoms with Crippen LogP contribution in [0.1, 0.15) is 25.0 Å². The SMILES string of the molecule is CCc1cc2c(-c3c(F)cccc3-c3ccccc3)ccccc-2[c]1[Zr+2]([c]1c(CC)cc2c(-c3c(F)cccc3-c3ccccc3)ccccc1-2)=[Si](C)C.[Cl-].[Cl-]. The average Bonchev–Trinajstić information content (AvgIpc) is 3.56. The van der Waals surface area contributed by atoms with Crippen molar-refractivity contribution in [3.63, 3.8) is 0 Å². The molecule has 8 rings (SSSR count). The third-order valence-electron chi connectivity index (χ3n) is 10.7. The van der Waals surface area contributed by atoms with Gasteiger partial charge in [-0.2, -0.15) is 0 Å². The standard InChI is InChI=1S/2C24H18F.C2H6Si.2ClH.Zr/c2*1-2-17-15-19-11-6-7-12-21(22(19)16-17)24-20(13-8-14-23(24)25)18-9-4-3-5-10-18;1-3-2;;;/h2*3-14,16H,2H2,1H3;1-2H3;2*1H;/q;;;;;+2/p-2. The minimum absolute atomic E-state index is 0. The Balaban J connectivity index is 0.00000266. The summed E-state index contributed by atoms with van der Waals surface area (Å²) in [6, 6.07) is 53.1. The van der Waals surface area contributed by atoms with E-state index in [1.807, 2.05) is 60.7 Å². The Kier molecular flexibility index (Phi) is 13.3. The van der Waals surface area contributed by atoms with Gasteiger partial charge in [0.05, 0.1) is 0 Å². The van der Waals surface area contributed by atoms with Gasteiger partial charge in [-0.1, -0.05) is 0 Å². The van der Waals surface area contributed by atoms with Crippen LogP contribution in [-0.4, -0.2) is 5.43 Å². The first-order chi connectivity index (χ1) is 26.4. The fourth-order valence-electron chi connectivity index (χ4n) is 8.36. The van der Waals surface area contributed by atoms with Crippen LogP contribution < -0.4 is 31.4 Å². The first-order valence-corrected chi connectivity index (χ1v) is 27.5. The second kappa shape index (κ2) is 18.0. The Morgan fingerprint density at radius 3 is 1.11 bits per heavy atom. The van der Waals surface area contributed by atoms with Crippen LogP contribution in [0.2, 0.25) is 13.1 Å². The Bertz CT molecular complexity index is 2440. The molecule has 0 nitrogen and oxygen atoms in total. The van der Waals surface area contributed by atoms with Gasteiger partial charge in [0.25, 0.3) is 0 Å². The van der Waals surface area contributed by atoms with Gasteiger partial charge in [0.15, 0.2) is 0 Å². The van der Waals surface area contributed by atoms with Crippen LogP contribution in [-0.2, 0) is 33.2 Å². The Morgan fingerprint density at radius 2 is 0.750 bits per heavy atom. The van der Waals surface area contributed by atoms with Crippen molar-refractivity contribution in [1.82, 2.24) is 0 Å². The molecule has 4 aliphatic carbocycles. The molecule has 0 saturated carbocycles. The van der Waals surface area contributed by atoms with Crippen LogP contribution in [0.5, 0.6) is 0 Å². The van der Waals surface area contributed by atoms with Crippen molar-refractivity contribution in [2.24, 2.45) is 0 Å². The smallest absolute Gasteiger partial charge is 1.00 e. The molecule has 0 aliphatic heterocycles. The van der Waals surface area contributed by atoms with Crippen molar-refractivity contribution in [3.05, 3.63) is 180 Å². The summed E-state index contributed by atoms with van der Waals surface area (Å²) in [5.74, 6) is -0.421.